The van der Waals surface area contributed by atoms with Crippen LogP contribution in [-0.2, 0) is 17.8 Å². The maximum atomic E-state index is 5.95. The summed E-state index contributed by atoms with van der Waals surface area (Å²) in [4.78, 5) is 2.27. The zero-order valence-electron chi connectivity index (χ0n) is 11.9. The van der Waals surface area contributed by atoms with Gasteiger partial charge in [-0.2, -0.15) is 11.3 Å². The van der Waals surface area contributed by atoms with Crippen LogP contribution in [0.3, 0.4) is 0 Å². The first-order chi connectivity index (χ1) is 9.81. The summed E-state index contributed by atoms with van der Waals surface area (Å²) in [6.07, 6.45) is 3.66. The van der Waals surface area contributed by atoms with Crippen LogP contribution >= 0.6 is 11.3 Å². The smallest absolute Gasteiger partial charge is 0.133 e. The zero-order valence-corrected chi connectivity index (χ0v) is 12.7. The molecule has 20 heavy (non-hydrogen) atoms. The highest BCUT2D eigenvalue weighted by Gasteiger charge is 2.19. The number of hydrogen-bond donors (Lipinski definition) is 0. The molecule has 0 unspecified atom stereocenters. The standard InChI is InChI=1S/C16H21NO2S/c1-17(10-13-7-9-20-12-13)11-14-5-6-16(19-14)15-4-2-3-8-18-15/h5-7,9,12,15H,2-4,8,10-11H2,1H3/t15-/m0/s1. The predicted molar refractivity (Wildman–Crippen MR) is 80.7 cm³/mol. The van der Waals surface area contributed by atoms with Crippen molar-refractivity contribution in [1.82, 2.24) is 4.90 Å². The van der Waals surface area contributed by atoms with E-state index in [-0.39, 0.29) is 6.10 Å². The molecular formula is C16H21NO2S. The lowest BCUT2D eigenvalue weighted by atomic mass is 10.1. The van der Waals surface area contributed by atoms with Gasteiger partial charge in [0.2, 0.25) is 0 Å². The molecule has 3 nitrogen and oxygen atoms in total. The van der Waals surface area contributed by atoms with Crippen LogP contribution in [0.1, 0.15) is 42.5 Å². The van der Waals surface area contributed by atoms with Gasteiger partial charge in [0.05, 0.1) is 6.54 Å². The molecule has 0 amide bonds. The number of rotatable bonds is 5. The molecule has 2 aromatic rings. The van der Waals surface area contributed by atoms with Crippen LogP contribution in [-0.4, -0.2) is 18.6 Å². The van der Waals surface area contributed by atoms with Gasteiger partial charge >= 0.3 is 0 Å². The average Bonchev–Trinajstić information content (AvgIpc) is 3.11. The first kappa shape index (κ1) is 13.9. The highest BCUT2D eigenvalue weighted by Crippen LogP contribution is 2.29. The molecule has 3 rings (SSSR count). The van der Waals surface area contributed by atoms with Gasteiger partial charge in [0.25, 0.3) is 0 Å². The van der Waals surface area contributed by atoms with E-state index in [1.165, 1.54) is 18.4 Å². The van der Waals surface area contributed by atoms with Crippen molar-refractivity contribution >= 4 is 11.3 Å². The summed E-state index contributed by atoms with van der Waals surface area (Å²) in [5.41, 5.74) is 1.36. The van der Waals surface area contributed by atoms with Gasteiger partial charge in [-0.3, -0.25) is 4.90 Å². The maximum Gasteiger partial charge on any atom is 0.133 e. The SMILES string of the molecule is CN(Cc1ccsc1)Cc1ccc([C@@H]2CCCCO2)o1. The van der Waals surface area contributed by atoms with Gasteiger partial charge in [-0.05, 0) is 60.8 Å². The monoisotopic (exact) mass is 291 g/mol. The highest BCUT2D eigenvalue weighted by atomic mass is 32.1. The van der Waals surface area contributed by atoms with Gasteiger partial charge < -0.3 is 9.15 Å². The lowest BCUT2D eigenvalue weighted by molar-refractivity contribution is 0.000907. The van der Waals surface area contributed by atoms with Crippen LogP contribution in [0.15, 0.2) is 33.4 Å². The van der Waals surface area contributed by atoms with Crippen LogP contribution < -0.4 is 0 Å². The van der Waals surface area contributed by atoms with Crippen molar-refractivity contribution in [2.24, 2.45) is 0 Å². The zero-order chi connectivity index (χ0) is 13.8. The molecule has 0 saturated carbocycles. The van der Waals surface area contributed by atoms with Crippen LogP contribution in [0.2, 0.25) is 0 Å². The molecule has 3 heterocycles. The second-order valence-electron chi connectivity index (χ2n) is 5.46. The van der Waals surface area contributed by atoms with Crippen LogP contribution in [0.25, 0.3) is 0 Å². The largest absolute Gasteiger partial charge is 0.462 e. The molecule has 1 saturated heterocycles. The van der Waals surface area contributed by atoms with E-state index in [1.54, 1.807) is 11.3 Å². The number of nitrogens with zero attached hydrogens (tertiary/aromatic N) is 1. The third-order valence-electron chi connectivity index (χ3n) is 3.64. The second kappa shape index (κ2) is 6.57. The van der Waals surface area contributed by atoms with Crippen molar-refractivity contribution in [3.05, 3.63) is 46.0 Å². The van der Waals surface area contributed by atoms with Crippen molar-refractivity contribution in [2.45, 2.75) is 38.5 Å². The van der Waals surface area contributed by atoms with E-state index in [9.17, 15) is 0 Å². The lowest BCUT2D eigenvalue weighted by Gasteiger charge is -2.20. The van der Waals surface area contributed by atoms with Gasteiger partial charge in [0.1, 0.15) is 17.6 Å². The minimum Gasteiger partial charge on any atom is -0.462 e. The number of ether oxygens (including phenoxy) is 1. The Labute approximate surface area is 124 Å². The fraction of sp³-hybridized carbons (Fsp3) is 0.500. The van der Waals surface area contributed by atoms with E-state index in [1.807, 2.05) is 0 Å². The Morgan fingerprint density at radius 2 is 2.20 bits per heavy atom. The second-order valence-corrected chi connectivity index (χ2v) is 6.24. The average molecular weight is 291 g/mol. The minimum absolute atomic E-state index is 0.166. The Morgan fingerprint density at radius 3 is 2.95 bits per heavy atom. The normalized spacial score (nSPS) is 19.6. The molecule has 1 fully saturated rings. The topological polar surface area (TPSA) is 25.6 Å². The molecule has 0 aromatic carbocycles. The molecule has 1 atom stereocenters. The van der Waals surface area contributed by atoms with E-state index in [2.05, 4.69) is 40.9 Å². The molecule has 1 aliphatic heterocycles. The fourth-order valence-electron chi connectivity index (χ4n) is 2.63. The molecule has 1 aliphatic rings. The summed E-state index contributed by atoms with van der Waals surface area (Å²) in [6.45, 7) is 2.65. The van der Waals surface area contributed by atoms with Crippen LogP contribution in [0.5, 0.6) is 0 Å². The molecule has 0 radical (unpaired) electrons. The van der Waals surface area contributed by atoms with Crippen molar-refractivity contribution in [3.8, 4) is 0 Å². The molecule has 0 aliphatic carbocycles. The van der Waals surface area contributed by atoms with E-state index in [0.29, 0.717) is 0 Å². The van der Waals surface area contributed by atoms with E-state index >= 15 is 0 Å². The van der Waals surface area contributed by atoms with Crippen molar-refractivity contribution in [1.29, 1.82) is 0 Å². The van der Waals surface area contributed by atoms with Gasteiger partial charge in [-0.1, -0.05) is 0 Å². The Hall–Kier alpha value is -1.10. The highest BCUT2D eigenvalue weighted by molar-refractivity contribution is 7.07. The number of hydrogen-bond acceptors (Lipinski definition) is 4. The first-order valence-electron chi connectivity index (χ1n) is 7.21. The quantitative estimate of drug-likeness (QED) is 0.825. The molecule has 0 bridgehead atoms. The summed E-state index contributed by atoms with van der Waals surface area (Å²) in [5, 5.41) is 4.31. The van der Waals surface area contributed by atoms with Gasteiger partial charge in [0, 0.05) is 13.2 Å². The van der Waals surface area contributed by atoms with Crippen molar-refractivity contribution in [2.75, 3.05) is 13.7 Å². The maximum absolute atomic E-state index is 5.95. The molecule has 2 aromatic heterocycles. The Kier molecular flexibility index (Phi) is 4.55. The van der Waals surface area contributed by atoms with Crippen LogP contribution in [0.4, 0.5) is 0 Å². The molecule has 0 spiro atoms. The van der Waals surface area contributed by atoms with Gasteiger partial charge in [0.15, 0.2) is 0 Å². The lowest BCUT2D eigenvalue weighted by Crippen LogP contribution is -2.16. The Morgan fingerprint density at radius 1 is 1.25 bits per heavy atom. The summed E-state index contributed by atoms with van der Waals surface area (Å²) in [5.74, 6) is 2.01. The minimum atomic E-state index is 0.166. The molecule has 0 N–H and O–H groups in total. The fourth-order valence-corrected chi connectivity index (χ4v) is 3.29. The first-order valence-corrected chi connectivity index (χ1v) is 8.15. The third-order valence-corrected chi connectivity index (χ3v) is 4.37. The van der Waals surface area contributed by atoms with Crippen molar-refractivity contribution in [3.63, 3.8) is 0 Å². The summed E-state index contributed by atoms with van der Waals surface area (Å²) < 4.78 is 11.7. The van der Waals surface area contributed by atoms with E-state index in [0.717, 1.165) is 37.6 Å². The predicted octanol–water partition coefficient (Wildman–Crippen LogP) is 4.21. The summed E-state index contributed by atoms with van der Waals surface area (Å²) in [7, 11) is 2.12. The van der Waals surface area contributed by atoms with E-state index in [4.69, 9.17) is 9.15 Å². The Balaban J connectivity index is 1.56. The van der Waals surface area contributed by atoms with Gasteiger partial charge in [-0.25, -0.2) is 0 Å². The summed E-state index contributed by atoms with van der Waals surface area (Å²) in [6, 6.07) is 6.33. The van der Waals surface area contributed by atoms with Gasteiger partial charge in [-0.15, -0.1) is 0 Å². The summed E-state index contributed by atoms with van der Waals surface area (Å²) >= 11 is 1.74. The van der Waals surface area contributed by atoms with Crippen LogP contribution in [0, 0.1) is 0 Å². The number of thiophene rings is 1. The Bertz CT molecular complexity index is 514. The molecule has 108 valence electrons. The van der Waals surface area contributed by atoms with Crippen molar-refractivity contribution < 1.29 is 9.15 Å². The van der Waals surface area contributed by atoms with E-state index < -0.39 is 0 Å². The molecule has 4 heteroatoms. The molecular weight excluding hydrogens is 270 g/mol. The number of furan rings is 1. The third kappa shape index (κ3) is 3.51.